The van der Waals surface area contributed by atoms with Crippen molar-refractivity contribution in [1.82, 2.24) is 24.4 Å². The Morgan fingerprint density at radius 1 is 1.32 bits per heavy atom. The molecule has 0 radical (unpaired) electrons. The number of anilines is 1. The largest absolute Gasteiger partial charge is 0.468 e. The first kappa shape index (κ1) is 28.0. The number of nitrogens with two attached hydrogens (primary N) is 1. The van der Waals surface area contributed by atoms with Crippen molar-refractivity contribution in [3.8, 4) is 12.0 Å². The molecule has 202 valence electrons. The van der Waals surface area contributed by atoms with Gasteiger partial charge >= 0.3 is 12.1 Å². The first-order chi connectivity index (χ1) is 17.9. The van der Waals surface area contributed by atoms with Crippen molar-refractivity contribution in [1.29, 1.82) is 0 Å². The maximum absolute atomic E-state index is 12.7. The number of amides is 1. The summed E-state index contributed by atoms with van der Waals surface area (Å²) in [5.41, 5.74) is 8.16. The molecule has 1 amide bonds. The highest BCUT2D eigenvalue weighted by molar-refractivity contribution is 5.83. The minimum atomic E-state index is -0.293. The highest BCUT2D eigenvalue weighted by Crippen LogP contribution is 2.28. The second-order valence-electron chi connectivity index (χ2n) is 9.31. The van der Waals surface area contributed by atoms with Gasteiger partial charge in [-0.25, -0.2) is 4.79 Å². The van der Waals surface area contributed by atoms with Crippen LogP contribution in [0.25, 0.3) is 11.2 Å². The number of hydrogen-bond donors (Lipinski definition) is 1. The Kier molecular flexibility index (Phi) is 10.3. The lowest BCUT2D eigenvalue weighted by Gasteiger charge is -2.32. The van der Waals surface area contributed by atoms with E-state index in [4.69, 9.17) is 19.9 Å². The number of aromatic nitrogens is 4. The second-order valence-corrected chi connectivity index (χ2v) is 9.31. The van der Waals surface area contributed by atoms with Crippen LogP contribution in [0.5, 0.6) is 12.0 Å². The Morgan fingerprint density at radius 3 is 2.84 bits per heavy atom. The number of nitrogens with zero attached hydrogens (tertiary/aromatic N) is 5. The van der Waals surface area contributed by atoms with E-state index in [1.807, 2.05) is 36.6 Å². The summed E-state index contributed by atoms with van der Waals surface area (Å²) in [6.07, 6.45) is 11.7. The van der Waals surface area contributed by atoms with E-state index in [0.29, 0.717) is 42.7 Å². The van der Waals surface area contributed by atoms with Gasteiger partial charge in [0, 0.05) is 19.6 Å². The molecular weight excluding hydrogens is 472 g/mol. The highest BCUT2D eigenvalue weighted by atomic mass is 16.6. The van der Waals surface area contributed by atoms with Gasteiger partial charge in [0.1, 0.15) is 6.61 Å². The summed E-state index contributed by atoms with van der Waals surface area (Å²) in [5, 5.41) is 0. The van der Waals surface area contributed by atoms with Gasteiger partial charge in [-0.1, -0.05) is 44.2 Å². The van der Waals surface area contributed by atoms with E-state index >= 15 is 0 Å². The zero-order valence-corrected chi connectivity index (χ0v) is 22.5. The average Bonchev–Trinajstić information content (AvgIpc) is 3.24. The number of carbonyl (C=O) groups excluding carboxylic acids is 1. The molecule has 0 bridgehead atoms. The standard InChI is InChI=1S/C27H40N6O4/c1-6-10-19(4)37-25-30-23(28)22-24(31-25)33(26(29-22)35-5)16-14-20-13-9-15-32(17-20)27(34)36-18-21(11-7-2)12-8-3/h7-8,11-12,19-20H,2,6,9-10,13-18H2,1,3-5H3,(H2,28,30,31). The summed E-state index contributed by atoms with van der Waals surface area (Å²) in [4.78, 5) is 27.9. The van der Waals surface area contributed by atoms with E-state index < -0.39 is 0 Å². The molecule has 1 aliphatic rings. The normalized spacial score (nSPS) is 17.2. The van der Waals surface area contributed by atoms with Crippen molar-refractivity contribution in [2.45, 2.75) is 65.5 Å². The number of piperidine rings is 1. The summed E-state index contributed by atoms with van der Waals surface area (Å²) in [6.45, 7) is 11.9. The van der Waals surface area contributed by atoms with Crippen LogP contribution in [0.1, 0.15) is 52.9 Å². The van der Waals surface area contributed by atoms with Crippen molar-refractivity contribution < 1.29 is 19.0 Å². The quantitative estimate of drug-likeness (QED) is 0.399. The SMILES string of the molecule is C=CC=C(C=CC)COC(=O)N1CCCC(CCn2c(OC)nc3c(N)nc(OC(C)CCC)nc32)C1. The molecule has 37 heavy (non-hydrogen) atoms. The lowest BCUT2D eigenvalue weighted by atomic mass is 9.95. The number of hydrogen-bond acceptors (Lipinski definition) is 8. The van der Waals surface area contributed by atoms with E-state index in [9.17, 15) is 4.79 Å². The van der Waals surface area contributed by atoms with Crippen LogP contribution >= 0.6 is 0 Å². The molecule has 0 aromatic carbocycles. The lowest BCUT2D eigenvalue weighted by molar-refractivity contribution is 0.0893. The summed E-state index contributed by atoms with van der Waals surface area (Å²) in [6, 6.07) is 0.663. The van der Waals surface area contributed by atoms with Crippen molar-refractivity contribution >= 4 is 23.1 Å². The number of imidazole rings is 1. The Labute approximate surface area is 219 Å². The molecule has 2 N–H and O–H groups in total. The molecule has 2 aromatic heterocycles. The third-order valence-electron chi connectivity index (χ3n) is 6.36. The maximum Gasteiger partial charge on any atom is 0.410 e. The molecule has 10 heteroatoms. The highest BCUT2D eigenvalue weighted by Gasteiger charge is 2.26. The molecule has 3 rings (SSSR count). The predicted octanol–water partition coefficient (Wildman–Crippen LogP) is 4.91. The van der Waals surface area contributed by atoms with Crippen molar-refractivity contribution in [2.75, 3.05) is 32.5 Å². The molecule has 10 nitrogen and oxygen atoms in total. The van der Waals surface area contributed by atoms with Crippen LogP contribution in [0.4, 0.5) is 10.6 Å². The van der Waals surface area contributed by atoms with Gasteiger partial charge < -0.3 is 24.8 Å². The number of likely N-dealkylation sites (tertiary alicyclic amines) is 1. The number of nitrogen functional groups attached to an aromatic ring is 1. The molecular formula is C27H40N6O4. The molecule has 3 heterocycles. The first-order valence-electron chi connectivity index (χ1n) is 13.0. The van der Waals surface area contributed by atoms with Gasteiger partial charge in [-0.3, -0.25) is 4.57 Å². The van der Waals surface area contributed by atoms with Gasteiger partial charge in [-0.15, -0.1) is 0 Å². The fourth-order valence-electron chi connectivity index (χ4n) is 4.57. The Hall–Kier alpha value is -3.56. The molecule has 1 saturated heterocycles. The summed E-state index contributed by atoms with van der Waals surface area (Å²) < 4.78 is 18.9. The molecule has 0 aliphatic carbocycles. The van der Waals surface area contributed by atoms with Crippen LogP contribution in [-0.2, 0) is 11.3 Å². The fraction of sp³-hybridized carbons (Fsp3) is 0.556. The number of fused-ring (bicyclic) bond motifs is 1. The summed E-state index contributed by atoms with van der Waals surface area (Å²) >= 11 is 0. The first-order valence-corrected chi connectivity index (χ1v) is 13.0. The maximum atomic E-state index is 12.7. The molecule has 2 aromatic rings. The van der Waals surface area contributed by atoms with Gasteiger partial charge in [-0.2, -0.15) is 15.0 Å². The summed E-state index contributed by atoms with van der Waals surface area (Å²) in [7, 11) is 1.57. The third kappa shape index (κ3) is 7.47. The number of allylic oxidation sites excluding steroid dienone is 3. The van der Waals surface area contributed by atoms with E-state index in [2.05, 4.69) is 28.5 Å². The van der Waals surface area contributed by atoms with Crippen LogP contribution in [0.3, 0.4) is 0 Å². The second kappa shape index (κ2) is 13.7. The van der Waals surface area contributed by atoms with E-state index in [0.717, 1.165) is 37.7 Å². The van der Waals surface area contributed by atoms with Gasteiger partial charge in [0.05, 0.1) is 13.2 Å². The average molecular weight is 513 g/mol. The van der Waals surface area contributed by atoms with Crippen LogP contribution in [0, 0.1) is 5.92 Å². The van der Waals surface area contributed by atoms with Crippen LogP contribution in [-0.4, -0.2) is 63.4 Å². The van der Waals surface area contributed by atoms with E-state index in [1.54, 1.807) is 18.1 Å². The van der Waals surface area contributed by atoms with Gasteiger partial charge in [0.15, 0.2) is 17.0 Å². The molecule has 1 fully saturated rings. The van der Waals surface area contributed by atoms with E-state index in [1.165, 1.54) is 0 Å². The minimum Gasteiger partial charge on any atom is -0.468 e. The monoisotopic (exact) mass is 512 g/mol. The van der Waals surface area contributed by atoms with Gasteiger partial charge in [0.25, 0.3) is 6.01 Å². The smallest absolute Gasteiger partial charge is 0.410 e. The molecule has 0 saturated carbocycles. The minimum absolute atomic E-state index is 0.0190. The summed E-state index contributed by atoms with van der Waals surface area (Å²) in [5.74, 6) is 0.566. The molecule has 2 atom stereocenters. The molecule has 2 unspecified atom stereocenters. The zero-order chi connectivity index (χ0) is 26.8. The van der Waals surface area contributed by atoms with E-state index in [-0.39, 0.29) is 30.6 Å². The number of methoxy groups -OCH3 is 1. The van der Waals surface area contributed by atoms with Gasteiger partial charge in [-0.05, 0) is 51.0 Å². The van der Waals surface area contributed by atoms with Crippen LogP contribution in [0.15, 0.2) is 36.5 Å². The number of carbonyl (C=O) groups is 1. The van der Waals surface area contributed by atoms with Crippen molar-refractivity contribution in [2.24, 2.45) is 5.92 Å². The zero-order valence-electron chi connectivity index (χ0n) is 22.5. The number of ether oxygens (including phenoxy) is 3. The Bertz CT molecular complexity index is 1130. The van der Waals surface area contributed by atoms with Crippen molar-refractivity contribution in [3.63, 3.8) is 0 Å². The Balaban J connectivity index is 1.68. The van der Waals surface area contributed by atoms with Crippen molar-refractivity contribution in [3.05, 3.63) is 36.5 Å². The van der Waals surface area contributed by atoms with Crippen LogP contribution < -0.4 is 15.2 Å². The molecule has 1 aliphatic heterocycles. The third-order valence-corrected chi connectivity index (χ3v) is 6.36. The van der Waals surface area contributed by atoms with Crippen LogP contribution in [0.2, 0.25) is 0 Å². The topological polar surface area (TPSA) is 118 Å². The Morgan fingerprint density at radius 2 is 2.14 bits per heavy atom. The predicted molar refractivity (Wildman–Crippen MR) is 145 cm³/mol. The fourth-order valence-corrected chi connectivity index (χ4v) is 4.57. The number of aryl methyl sites for hydroxylation is 1. The van der Waals surface area contributed by atoms with Gasteiger partial charge in [0.2, 0.25) is 0 Å². The molecule has 0 spiro atoms. The lowest BCUT2D eigenvalue weighted by Crippen LogP contribution is -2.40. The number of rotatable bonds is 12.